The summed E-state index contributed by atoms with van der Waals surface area (Å²) in [5.74, 6) is -3.75. The first-order valence-electron chi connectivity index (χ1n) is 7.85. The lowest BCUT2D eigenvalue weighted by molar-refractivity contribution is -0.143. The molecule has 0 aliphatic rings. The molecule has 0 saturated heterocycles. The fourth-order valence-electron chi connectivity index (χ4n) is 2.43. The first kappa shape index (κ1) is 22.2. The minimum absolute atomic E-state index is 0.151. The SMILES string of the molecule is O=C(N[C@@H](Cc1cccc(F)c1)C(=O)O)c1cc(C(F)(F)F)cc(C(F)(F)F)c1. The molecule has 2 aromatic carbocycles. The van der Waals surface area contributed by atoms with Gasteiger partial charge < -0.3 is 10.4 Å². The number of nitrogens with one attached hydrogen (secondary N) is 1. The highest BCUT2D eigenvalue weighted by Crippen LogP contribution is 2.36. The topological polar surface area (TPSA) is 66.4 Å². The number of carbonyl (C=O) groups is 2. The zero-order valence-corrected chi connectivity index (χ0v) is 14.2. The number of amides is 1. The Morgan fingerprint density at radius 1 is 0.931 bits per heavy atom. The maximum absolute atomic E-state index is 13.2. The summed E-state index contributed by atoms with van der Waals surface area (Å²) in [5.41, 5.74) is -4.29. The maximum Gasteiger partial charge on any atom is 0.416 e. The van der Waals surface area contributed by atoms with E-state index in [0.717, 1.165) is 12.1 Å². The number of benzene rings is 2. The van der Waals surface area contributed by atoms with Gasteiger partial charge in [-0.15, -0.1) is 0 Å². The molecule has 156 valence electrons. The molecule has 4 nitrogen and oxygen atoms in total. The summed E-state index contributed by atoms with van der Waals surface area (Å²) in [6, 6.07) is 3.18. The number of alkyl halides is 6. The number of aliphatic carboxylic acids is 1. The number of carbonyl (C=O) groups excluding carboxylic acids is 1. The Morgan fingerprint density at radius 3 is 1.93 bits per heavy atom. The summed E-state index contributed by atoms with van der Waals surface area (Å²) in [6.45, 7) is 0. The van der Waals surface area contributed by atoms with E-state index >= 15 is 0 Å². The minimum Gasteiger partial charge on any atom is -0.480 e. The predicted molar refractivity (Wildman–Crippen MR) is 85.4 cm³/mol. The lowest BCUT2D eigenvalue weighted by atomic mass is 10.0. The van der Waals surface area contributed by atoms with Crippen LogP contribution in [0.25, 0.3) is 0 Å². The zero-order valence-electron chi connectivity index (χ0n) is 14.2. The highest BCUT2D eigenvalue weighted by Gasteiger charge is 2.37. The van der Waals surface area contributed by atoms with Crippen LogP contribution in [-0.2, 0) is 23.6 Å². The summed E-state index contributed by atoms with van der Waals surface area (Å²) in [5, 5.41) is 11.1. The van der Waals surface area contributed by atoms with Crippen molar-refractivity contribution in [1.29, 1.82) is 0 Å². The van der Waals surface area contributed by atoms with Crippen LogP contribution in [0.1, 0.15) is 27.0 Å². The van der Waals surface area contributed by atoms with Gasteiger partial charge in [-0.25, -0.2) is 9.18 Å². The molecule has 0 saturated carbocycles. The number of rotatable bonds is 5. The molecule has 0 bridgehead atoms. The van der Waals surface area contributed by atoms with Crippen molar-refractivity contribution in [2.45, 2.75) is 24.8 Å². The van der Waals surface area contributed by atoms with E-state index in [9.17, 15) is 45.4 Å². The van der Waals surface area contributed by atoms with E-state index < -0.39 is 59.2 Å². The molecule has 0 aliphatic heterocycles. The molecule has 0 unspecified atom stereocenters. The monoisotopic (exact) mass is 423 g/mol. The van der Waals surface area contributed by atoms with E-state index in [1.807, 2.05) is 5.32 Å². The fourth-order valence-corrected chi connectivity index (χ4v) is 2.43. The summed E-state index contributed by atoms with van der Waals surface area (Å²) < 4.78 is 90.5. The number of carboxylic acids is 1. The van der Waals surface area contributed by atoms with Crippen molar-refractivity contribution in [1.82, 2.24) is 5.32 Å². The number of hydrogen-bond donors (Lipinski definition) is 2. The summed E-state index contributed by atoms with van der Waals surface area (Å²) in [4.78, 5) is 23.5. The van der Waals surface area contributed by atoms with Crippen LogP contribution in [0.5, 0.6) is 0 Å². The van der Waals surface area contributed by atoms with Gasteiger partial charge >= 0.3 is 18.3 Å². The van der Waals surface area contributed by atoms with Crippen molar-refractivity contribution < 1.29 is 45.4 Å². The van der Waals surface area contributed by atoms with E-state index in [-0.39, 0.29) is 23.8 Å². The smallest absolute Gasteiger partial charge is 0.416 e. The van der Waals surface area contributed by atoms with Gasteiger partial charge in [0.25, 0.3) is 5.91 Å². The van der Waals surface area contributed by atoms with Crippen molar-refractivity contribution in [3.8, 4) is 0 Å². The Hall–Kier alpha value is -3.11. The highest BCUT2D eigenvalue weighted by molar-refractivity contribution is 5.97. The van der Waals surface area contributed by atoms with Gasteiger partial charge in [-0.1, -0.05) is 12.1 Å². The molecule has 0 spiro atoms. The number of halogens is 7. The average molecular weight is 423 g/mol. The standard InChI is InChI=1S/C18H12F7NO3/c19-13-3-1-2-9(4-13)5-14(16(28)29)26-15(27)10-6-11(17(20,21)22)8-12(7-10)18(23,24)25/h1-4,6-8,14H,5H2,(H,26,27)(H,28,29)/t14-/m0/s1. The second-order valence-electron chi connectivity index (χ2n) is 5.99. The normalized spacial score (nSPS) is 13.1. The molecule has 0 radical (unpaired) electrons. The van der Waals surface area contributed by atoms with E-state index in [2.05, 4.69) is 0 Å². The van der Waals surface area contributed by atoms with Gasteiger partial charge in [0.1, 0.15) is 11.9 Å². The maximum atomic E-state index is 13.2. The molecule has 0 aliphatic carbocycles. The molecule has 1 atom stereocenters. The van der Waals surface area contributed by atoms with Crippen molar-refractivity contribution in [2.24, 2.45) is 0 Å². The van der Waals surface area contributed by atoms with Crippen molar-refractivity contribution in [2.75, 3.05) is 0 Å². The summed E-state index contributed by atoms with van der Waals surface area (Å²) in [7, 11) is 0. The summed E-state index contributed by atoms with van der Waals surface area (Å²) in [6.07, 6.45) is -10.8. The molecule has 0 aromatic heterocycles. The van der Waals surface area contributed by atoms with Gasteiger partial charge in [0, 0.05) is 12.0 Å². The molecule has 2 rings (SSSR count). The van der Waals surface area contributed by atoms with Gasteiger partial charge in [-0.2, -0.15) is 26.3 Å². The van der Waals surface area contributed by atoms with Crippen LogP contribution in [0.3, 0.4) is 0 Å². The molecule has 0 heterocycles. The lowest BCUT2D eigenvalue weighted by Crippen LogP contribution is -2.42. The Balaban J connectivity index is 2.35. The molecule has 1 amide bonds. The number of hydrogen-bond acceptors (Lipinski definition) is 2. The Labute approximate surface area is 159 Å². The third-order valence-electron chi connectivity index (χ3n) is 3.78. The largest absolute Gasteiger partial charge is 0.480 e. The van der Waals surface area contributed by atoms with Gasteiger partial charge in [0.15, 0.2) is 0 Å². The second kappa shape index (κ2) is 8.10. The minimum atomic E-state index is -5.16. The van der Waals surface area contributed by atoms with Crippen LogP contribution < -0.4 is 5.32 Å². The molecule has 2 aromatic rings. The van der Waals surface area contributed by atoms with Crippen LogP contribution >= 0.6 is 0 Å². The highest BCUT2D eigenvalue weighted by atomic mass is 19.4. The van der Waals surface area contributed by atoms with Crippen LogP contribution in [0.2, 0.25) is 0 Å². The Morgan fingerprint density at radius 2 is 1.48 bits per heavy atom. The summed E-state index contributed by atoms with van der Waals surface area (Å²) >= 11 is 0. The molecule has 11 heteroatoms. The first-order valence-corrected chi connectivity index (χ1v) is 7.85. The fraction of sp³-hybridized carbons (Fsp3) is 0.222. The quantitative estimate of drug-likeness (QED) is 0.706. The van der Waals surface area contributed by atoms with Gasteiger partial charge in [-0.3, -0.25) is 4.79 Å². The second-order valence-corrected chi connectivity index (χ2v) is 5.99. The van der Waals surface area contributed by atoms with Gasteiger partial charge in [0.05, 0.1) is 11.1 Å². The lowest BCUT2D eigenvalue weighted by Gasteiger charge is -2.17. The third-order valence-corrected chi connectivity index (χ3v) is 3.78. The molecule has 0 fully saturated rings. The Kier molecular flexibility index (Phi) is 6.19. The predicted octanol–water partition coefficient (Wildman–Crippen LogP) is 4.29. The Bertz CT molecular complexity index is 890. The molecular formula is C18H12F7NO3. The van der Waals surface area contributed by atoms with Gasteiger partial charge in [-0.05, 0) is 35.9 Å². The van der Waals surface area contributed by atoms with Crippen molar-refractivity contribution >= 4 is 11.9 Å². The van der Waals surface area contributed by atoms with Crippen LogP contribution in [0.15, 0.2) is 42.5 Å². The molecule has 2 N–H and O–H groups in total. The van der Waals surface area contributed by atoms with Crippen LogP contribution in [0, 0.1) is 5.82 Å². The van der Waals surface area contributed by atoms with E-state index in [1.54, 1.807) is 0 Å². The van der Waals surface area contributed by atoms with E-state index in [1.165, 1.54) is 12.1 Å². The van der Waals surface area contributed by atoms with Crippen molar-refractivity contribution in [3.05, 3.63) is 70.5 Å². The first-order chi connectivity index (χ1) is 13.3. The van der Waals surface area contributed by atoms with E-state index in [4.69, 9.17) is 0 Å². The number of carboxylic acid groups (broad SMARTS) is 1. The van der Waals surface area contributed by atoms with Crippen molar-refractivity contribution in [3.63, 3.8) is 0 Å². The zero-order chi connectivity index (χ0) is 22.0. The average Bonchev–Trinajstić information content (AvgIpc) is 2.59. The molecular weight excluding hydrogens is 411 g/mol. The molecule has 29 heavy (non-hydrogen) atoms. The van der Waals surface area contributed by atoms with Crippen LogP contribution in [-0.4, -0.2) is 23.0 Å². The third kappa shape index (κ3) is 5.93. The van der Waals surface area contributed by atoms with E-state index in [0.29, 0.717) is 0 Å². The van der Waals surface area contributed by atoms with Crippen LogP contribution in [0.4, 0.5) is 30.7 Å². The van der Waals surface area contributed by atoms with Gasteiger partial charge in [0.2, 0.25) is 0 Å².